The molecule has 11 nitrogen and oxygen atoms in total. The summed E-state index contributed by atoms with van der Waals surface area (Å²) in [5.74, 6) is -1.66. The van der Waals surface area contributed by atoms with E-state index in [1.807, 2.05) is 12.5 Å². The Kier molecular flexibility index (Phi) is 14.0. The zero-order chi connectivity index (χ0) is 24.8. The largest absolute Gasteiger partial charge is 0.480 e. The molecule has 14 heteroatoms. The van der Waals surface area contributed by atoms with E-state index in [-0.39, 0.29) is 18.6 Å². The summed E-state index contributed by atoms with van der Waals surface area (Å²) in [6, 6.07) is -3.97. The number of carbonyl (C=O) groups is 4. The normalized spacial score (nSPS) is 14.5. The van der Waals surface area contributed by atoms with E-state index < -0.39 is 47.9 Å². The Balaban J connectivity index is 3.00. The summed E-state index contributed by atoms with van der Waals surface area (Å²) in [7, 11) is 0. The van der Waals surface area contributed by atoms with Crippen LogP contribution < -0.4 is 21.7 Å². The number of thiol groups is 1. The first-order valence-corrected chi connectivity index (χ1v) is 13.6. The lowest BCUT2D eigenvalue weighted by molar-refractivity contribution is -0.142. The molecule has 0 aliphatic heterocycles. The van der Waals surface area contributed by atoms with Gasteiger partial charge in [0.15, 0.2) is 0 Å². The van der Waals surface area contributed by atoms with Crippen LogP contribution in [0.5, 0.6) is 0 Å². The third kappa shape index (κ3) is 10.7. The number of aromatic nitrogens is 2. The van der Waals surface area contributed by atoms with Gasteiger partial charge in [0.1, 0.15) is 18.1 Å². The van der Waals surface area contributed by atoms with E-state index in [9.17, 15) is 24.3 Å². The molecule has 1 rings (SSSR count). The standard InChI is InChI=1S/C19H32N6O5S3/c1-32-5-3-13(23-16(26)12(20)9-31)17(27)25-15(7-11-8-21-10-22-11)18(28)24-14(19(29)30)4-6-33-2/h8,10,12-15,31H,3-7,9,20H2,1-2H3,(H,21,22)(H,23,26)(H,24,28)(H,25,27)(H,29,30). The number of hydrogen-bond acceptors (Lipinski definition) is 9. The van der Waals surface area contributed by atoms with Crippen molar-refractivity contribution in [1.82, 2.24) is 25.9 Å². The van der Waals surface area contributed by atoms with E-state index in [0.717, 1.165) is 0 Å². The van der Waals surface area contributed by atoms with Gasteiger partial charge in [-0.1, -0.05) is 0 Å². The van der Waals surface area contributed by atoms with E-state index in [1.54, 1.807) is 0 Å². The van der Waals surface area contributed by atoms with Crippen molar-refractivity contribution in [3.05, 3.63) is 18.2 Å². The molecular formula is C19H32N6O5S3. The number of H-pyrrole nitrogens is 1. The van der Waals surface area contributed by atoms with Crippen molar-refractivity contribution in [3.8, 4) is 0 Å². The first-order valence-electron chi connectivity index (χ1n) is 10.2. The predicted octanol–water partition coefficient (Wildman–Crippen LogP) is -0.745. The second-order valence-electron chi connectivity index (χ2n) is 7.15. The average Bonchev–Trinajstić information content (AvgIpc) is 3.30. The van der Waals surface area contributed by atoms with E-state index in [2.05, 4.69) is 38.5 Å². The summed E-state index contributed by atoms with van der Waals surface area (Å²) < 4.78 is 0. The first kappa shape index (κ1) is 29.1. The van der Waals surface area contributed by atoms with Crippen molar-refractivity contribution in [2.45, 2.75) is 43.4 Å². The number of nitrogens with one attached hydrogen (secondary N) is 4. The highest BCUT2D eigenvalue weighted by Gasteiger charge is 2.30. The lowest BCUT2D eigenvalue weighted by Gasteiger charge is -2.25. The van der Waals surface area contributed by atoms with Crippen LogP contribution in [0.1, 0.15) is 18.5 Å². The van der Waals surface area contributed by atoms with Gasteiger partial charge in [0.05, 0.1) is 12.4 Å². The first-order chi connectivity index (χ1) is 15.7. The molecule has 1 aromatic heterocycles. The molecular weight excluding hydrogens is 488 g/mol. The maximum atomic E-state index is 13.0. The van der Waals surface area contributed by atoms with Crippen molar-refractivity contribution in [1.29, 1.82) is 0 Å². The van der Waals surface area contributed by atoms with Crippen molar-refractivity contribution < 1.29 is 24.3 Å². The summed E-state index contributed by atoms with van der Waals surface area (Å²) >= 11 is 6.96. The second-order valence-corrected chi connectivity index (χ2v) is 9.49. The number of hydrogen-bond donors (Lipinski definition) is 7. The highest BCUT2D eigenvalue weighted by atomic mass is 32.2. The number of aliphatic carboxylic acids is 1. The molecule has 0 saturated heterocycles. The van der Waals surface area contributed by atoms with Gasteiger partial charge in [0.2, 0.25) is 17.7 Å². The van der Waals surface area contributed by atoms with Crippen LogP contribution >= 0.6 is 36.2 Å². The fourth-order valence-corrected chi connectivity index (χ4v) is 3.84. The van der Waals surface area contributed by atoms with Gasteiger partial charge < -0.3 is 31.8 Å². The summed E-state index contributed by atoms with van der Waals surface area (Å²) in [5.41, 5.74) is 6.28. The minimum atomic E-state index is -1.16. The number of imidazole rings is 1. The number of rotatable bonds is 16. The Morgan fingerprint density at radius 1 is 1.03 bits per heavy atom. The molecule has 7 N–H and O–H groups in total. The molecule has 0 spiro atoms. The lowest BCUT2D eigenvalue weighted by Crippen LogP contribution is -2.58. The Labute approximate surface area is 207 Å². The average molecular weight is 521 g/mol. The minimum Gasteiger partial charge on any atom is -0.480 e. The van der Waals surface area contributed by atoms with Crippen LogP contribution in [-0.4, -0.2) is 92.7 Å². The van der Waals surface area contributed by atoms with E-state index >= 15 is 0 Å². The summed E-state index contributed by atoms with van der Waals surface area (Å²) in [6.45, 7) is 0. The van der Waals surface area contributed by atoms with Crippen LogP contribution in [0.4, 0.5) is 0 Å². The van der Waals surface area contributed by atoms with E-state index in [1.165, 1.54) is 36.0 Å². The molecule has 3 amide bonds. The van der Waals surface area contributed by atoms with Crippen molar-refractivity contribution >= 4 is 59.8 Å². The number of thioether (sulfide) groups is 2. The molecule has 0 bridgehead atoms. The molecule has 0 aliphatic rings. The Hall–Kier alpha value is -1.90. The zero-order valence-electron chi connectivity index (χ0n) is 18.6. The SMILES string of the molecule is CSCCC(NC(=O)C(Cc1cnc[nH]1)NC(=O)C(CCSC)NC(=O)C(N)CS)C(=O)O. The Bertz CT molecular complexity index is 767. The Morgan fingerprint density at radius 3 is 2.09 bits per heavy atom. The van der Waals surface area contributed by atoms with Crippen molar-refractivity contribution in [2.24, 2.45) is 5.73 Å². The smallest absolute Gasteiger partial charge is 0.326 e. The van der Waals surface area contributed by atoms with Crippen LogP contribution in [0.2, 0.25) is 0 Å². The van der Waals surface area contributed by atoms with Gasteiger partial charge in [0, 0.05) is 24.1 Å². The van der Waals surface area contributed by atoms with Crippen LogP contribution in [0, 0.1) is 0 Å². The minimum absolute atomic E-state index is 0.0613. The number of amides is 3. The van der Waals surface area contributed by atoms with Gasteiger partial charge in [-0.2, -0.15) is 36.2 Å². The summed E-state index contributed by atoms with van der Waals surface area (Å²) in [5, 5.41) is 17.2. The zero-order valence-corrected chi connectivity index (χ0v) is 21.1. The van der Waals surface area contributed by atoms with Gasteiger partial charge >= 0.3 is 5.97 Å². The highest BCUT2D eigenvalue weighted by molar-refractivity contribution is 7.98. The quantitative estimate of drug-likeness (QED) is 0.138. The van der Waals surface area contributed by atoms with Crippen LogP contribution in [0.25, 0.3) is 0 Å². The van der Waals surface area contributed by atoms with Gasteiger partial charge in [-0.15, -0.1) is 0 Å². The van der Waals surface area contributed by atoms with Crippen LogP contribution in [0.3, 0.4) is 0 Å². The van der Waals surface area contributed by atoms with Crippen molar-refractivity contribution in [2.75, 3.05) is 29.8 Å². The monoisotopic (exact) mass is 520 g/mol. The Morgan fingerprint density at radius 2 is 1.58 bits per heavy atom. The van der Waals surface area contributed by atoms with Crippen LogP contribution in [-0.2, 0) is 25.6 Å². The fourth-order valence-electron chi connectivity index (χ4n) is 2.73. The topological polar surface area (TPSA) is 179 Å². The van der Waals surface area contributed by atoms with Crippen LogP contribution in [0.15, 0.2) is 12.5 Å². The number of carbonyl (C=O) groups excluding carboxylic acids is 3. The molecule has 4 atom stereocenters. The maximum Gasteiger partial charge on any atom is 0.326 e. The molecule has 1 aromatic rings. The second kappa shape index (κ2) is 15.9. The molecule has 33 heavy (non-hydrogen) atoms. The number of carboxylic acid groups (broad SMARTS) is 1. The van der Waals surface area contributed by atoms with Gasteiger partial charge in [-0.25, -0.2) is 9.78 Å². The molecule has 4 unspecified atom stereocenters. The third-order valence-electron chi connectivity index (χ3n) is 4.61. The van der Waals surface area contributed by atoms with Gasteiger partial charge in [0.25, 0.3) is 0 Å². The molecule has 186 valence electrons. The van der Waals surface area contributed by atoms with E-state index in [4.69, 9.17) is 5.73 Å². The fraction of sp³-hybridized carbons (Fsp3) is 0.632. The molecule has 0 aromatic carbocycles. The lowest BCUT2D eigenvalue weighted by atomic mass is 10.1. The van der Waals surface area contributed by atoms with Crippen molar-refractivity contribution in [3.63, 3.8) is 0 Å². The number of carboxylic acids is 1. The summed E-state index contributed by atoms with van der Waals surface area (Å²) in [4.78, 5) is 56.5. The van der Waals surface area contributed by atoms with Gasteiger partial charge in [-0.3, -0.25) is 14.4 Å². The highest BCUT2D eigenvalue weighted by Crippen LogP contribution is 2.07. The number of aromatic amines is 1. The maximum absolute atomic E-state index is 13.0. The molecule has 0 radical (unpaired) electrons. The molecule has 1 heterocycles. The summed E-state index contributed by atoms with van der Waals surface area (Å²) in [6.07, 6.45) is 7.27. The molecule has 0 aliphatic carbocycles. The predicted molar refractivity (Wildman–Crippen MR) is 134 cm³/mol. The van der Waals surface area contributed by atoms with E-state index in [0.29, 0.717) is 23.6 Å². The van der Waals surface area contributed by atoms with Gasteiger partial charge in [-0.05, 0) is 36.9 Å². The molecule has 0 fully saturated rings. The number of nitrogens with zero attached hydrogens (tertiary/aromatic N) is 1. The molecule has 0 saturated carbocycles. The third-order valence-corrected chi connectivity index (χ3v) is 6.30. The number of nitrogens with two attached hydrogens (primary N) is 1.